The van der Waals surface area contributed by atoms with Gasteiger partial charge in [-0.2, -0.15) is 0 Å². The molecule has 1 N–H and O–H groups in total. The lowest BCUT2D eigenvalue weighted by Gasteiger charge is -2.20. The summed E-state index contributed by atoms with van der Waals surface area (Å²) in [5.41, 5.74) is -0.687. The molecule has 1 heterocycles. The van der Waals surface area contributed by atoms with E-state index in [4.69, 9.17) is 5.11 Å². The monoisotopic (exact) mass is 281 g/mol. The Hall–Kier alpha value is -2.57. The van der Waals surface area contributed by atoms with E-state index in [2.05, 4.69) is 6.58 Å². The van der Waals surface area contributed by atoms with E-state index in [1.54, 1.807) is 0 Å². The second kappa shape index (κ2) is 4.84. The van der Waals surface area contributed by atoms with Crippen LogP contribution in [0.1, 0.15) is 27.1 Å². The van der Waals surface area contributed by atoms with Crippen LogP contribution in [-0.4, -0.2) is 33.8 Å². The molecule has 0 aliphatic carbocycles. The Morgan fingerprint density at radius 2 is 1.70 bits per heavy atom. The van der Waals surface area contributed by atoms with E-state index in [1.807, 2.05) is 0 Å². The first kappa shape index (κ1) is 13.9. The minimum absolute atomic E-state index is 0.161. The Bertz CT molecular complexity index is 601. The van der Waals surface area contributed by atoms with Gasteiger partial charge in [-0.1, -0.05) is 6.08 Å². The number of amides is 2. The average Bonchev–Trinajstić information content (AvgIpc) is 2.60. The maximum Gasteiger partial charge on any atom is 0.327 e. The number of rotatable bonds is 4. The van der Waals surface area contributed by atoms with Crippen molar-refractivity contribution in [3.63, 3.8) is 0 Å². The molecule has 1 aromatic rings. The first-order valence-electron chi connectivity index (χ1n) is 5.59. The van der Waals surface area contributed by atoms with Gasteiger partial charge in [-0.3, -0.25) is 14.5 Å². The van der Waals surface area contributed by atoms with Crippen molar-refractivity contribution in [2.24, 2.45) is 0 Å². The maximum absolute atomic E-state index is 13.1. The third kappa shape index (κ3) is 1.97. The highest BCUT2D eigenvalue weighted by Gasteiger charge is 2.43. The summed E-state index contributed by atoms with van der Waals surface area (Å²) in [6, 6.07) is -0.263. The smallest absolute Gasteiger partial charge is 0.327 e. The Labute approximate surface area is 112 Å². The number of aliphatic carboxylic acids is 1. The summed E-state index contributed by atoms with van der Waals surface area (Å²) in [6.45, 7) is 3.35. The summed E-state index contributed by atoms with van der Waals surface area (Å²) in [6.07, 6.45) is 1.08. The minimum atomic E-state index is -1.45. The van der Waals surface area contributed by atoms with E-state index < -0.39 is 35.5 Å². The number of hydrogen-bond donors (Lipinski definition) is 1. The second-order valence-corrected chi connectivity index (χ2v) is 4.17. The highest BCUT2D eigenvalue weighted by Crippen LogP contribution is 2.27. The number of carboxylic acid groups (broad SMARTS) is 1. The van der Waals surface area contributed by atoms with Crippen LogP contribution in [0.15, 0.2) is 24.8 Å². The van der Waals surface area contributed by atoms with Crippen LogP contribution in [0.4, 0.5) is 8.78 Å². The molecule has 1 aliphatic heterocycles. The summed E-state index contributed by atoms with van der Waals surface area (Å²) in [5, 5.41) is 9.05. The number of imide groups is 1. The Morgan fingerprint density at radius 1 is 1.25 bits per heavy atom. The number of carboxylic acids is 1. The zero-order valence-electron chi connectivity index (χ0n) is 10.1. The van der Waals surface area contributed by atoms with Crippen LogP contribution in [0.2, 0.25) is 0 Å². The lowest BCUT2D eigenvalue weighted by molar-refractivity contribution is -0.141. The van der Waals surface area contributed by atoms with Gasteiger partial charge in [-0.05, 0) is 18.6 Å². The molecule has 1 unspecified atom stereocenters. The van der Waals surface area contributed by atoms with Crippen molar-refractivity contribution >= 4 is 17.8 Å². The van der Waals surface area contributed by atoms with Crippen LogP contribution in [0.25, 0.3) is 0 Å². The van der Waals surface area contributed by atoms with Crippen LogP contribution in [0.3, 0.4) is 0 Å². The highest BCUT2D eigenvalue weighted by atomic mass is 19.2. The van der Waals surface area contributed by atoms with E-state index in [1.165, 1.54) is 6.08 Å². The van der Waals surface area contributed by atoms with Gasteiger partial charge in [-0.15, -0.1) is 6.58 Å². The summed E-state index contributed by atoms with van der Waals surface area (Å²) >= 11 is 0. The Kier molecular flexibility index (Phi) is 3.35. The van der Waals surface area contributed by atoms with Gasteiger partial charge in [0.1, 0.15) is 6.04 Å². The van der Waals surface area contributed by atoms with Crippen LogP contribution >= 0.6 is 0 Å². The molecular weight excluding hydrogens is 272 g/mol. The number of hydrogen-bond acceptors (Lipinski definition) is 3. The molecule has 0 bridgehead atoms. The summed E-state index contributed by atoms with van der Waals surface area (Å²) in [7, 11) is 0. The highest BCUT2D eigenvalue weighted by molar-refractivity contribution is 6.22. The van der Waals surface area contributed by atoms with Gasteiger partial charge >= 0.3 is 5.97 Å². The fraction of sp³-hybridized carbons (Fsp3) is 0.154. The Morgan fingerprint density at radius 3 is 2.05 bits per heavy atom. The number of carbonyl (C=O) groups is 3. The summed E-state index contributed by atoms with van der Waals surface area (Å²) < 4.78 is 26.2. The van der Waals surface area contributed by atoms with Gasteiger partial charge in [0, 0.05) is 0 Å². The second-order valence-electron chi connectivity index (χ2n) is 4.17. The van der Waals surface area contributed by atoms with Crippen molar-refractivity contribution in [2.45, 2.75) is 12.5 Å². The van der Waals surface area contributed by atoms with E-state index in [0.29, 0.717) is 17.0 Å². The summed E-state index contributed by atoms with van der Waals surface area (Å²) in [4.78, 5) is 35.6. The van der Waals surface area contributed by atoms with Gasteiger partial charge in [0.25, 0.3) is 11.8 Å². The molecule has 104 valence electrons. The molecule has 0 fully saturated rings. The van der Waals surface area contributed by atoms with Crippen molar-refractivity contribution < 1.29 is 28.3 Å². The SMILES string of the molecule is C=CCC(C(=O)O)N1C(=O)c2cc(F)c(F)cc2C1=O. The molecule has 0 spiro atoms. The van der Waals surface area contributed by atoms with Gasteiger partial charge in [-0.25, -0.2) is 13.6 Å². The van der Waals surface area contributed by atoms with Crippen LogP contribution < -0.4 is 0 Å². The molecule has 0 radical (unpaired) electrons. The first-order valence-corrected chi connectivity index (χ1v) is 5.59. The van der Waals surface area contributed by atoms with Crippen LogP contribution in [-0.2, 0) is 4.79 Å². The fourth-order valence-electron chi connectivity index (χ4n) is 2.01. The third-order valence-corrected chi connectivity index (χ3v) is 2.95. The lowest BCUT2D eigenvalue weighted by Crippen LogP contribution is -2.44. The van der Waals surface area contributed by atoms with Gasteiger partial charge in [0.2, 0.25) is 0 Å². The summed E-state index contributed by atoms with van der Waals surface area (Å²) in [5.74, 6) is -5.87. The number of fused-ring (bicyclic) bond motifs is 1. The predicted octanol–water partition coefficient (Wildman–Crippen LogP) is 1.59. The van der Waals surface area contributed by atoms with E-state index in [-0.39, 0.29) is 17.5 Å². The van der Waals surface area contributed by atoms with Gasteiger partial charge < -0.3 is 5.11 Å². The quantitative estimate of drug-likeness (QED) is 0.671. The van der Waals surface area contributed by atoms with Crippen LogP contribution in [0, 0.1) is 11.6 Å². The van der Waals surface area contributed by atoms with E-state index in [0.717, 1.165) is 0 Å². The number of carbonyl (C=O) groups excluding carboxylic acids is 2. The molecule has 1 aromatic carbocycles. The molecule has 1 aliphatic rings. The molecule has 0 aromatic heterocycles. The van der Waals surface area contributed by atoms with E-state index in [9.17, 15) is 23.2 Å². The zero-order chi connectivity index (χ0) is 15.0. The first-order chi connectivity index (χ1) is 9.38. The topological polar surface area (TPSA) is 74.7 Å². The number of benzene rings is 1. The standard InChI is InChI=1S/C13H9F2NO4/c1-2-3-10(13(19)20)16-11(17)6-4-8(14)9(15)5-7(6)12(16)18/h2,4-5,10H,1,3H2,(H,19,20). The van der Waals surface area contributed by atoms with Gasteiger partial charge in [0.15, 0.2) is 11.6 Å². The Balaban J connectivity index is 2.51. The molecule has 0 saturated heterocycles. The lowest BCUT2D eigenvalue weighted by atomic mass is 10.1. The van der Waals surface area contributed by atoms with E-state index >= 15 is 0 Å². The molecule has 5 nitrogen and oxygen atoms in total. The number of halogens is 2. The van der Waals surface area contributed by atoms with Crippen molar-refractivity contribution in [1.29, 1.82) is 0 Å². The minimum Gasteiger partial charge on any atom is -0.480 e. The molecule has 20 heavy (non-hydrogen) atoms. The van der Waals surface area contributed by atoms with Crippen molar-refractivity contribution in [1.82, 2.24) is 4.90 Å². The zero-order valence-corrected chi connectivity index (χ0v) is 10.1. The van der Waals surface area contributed by atoms with Gasteiger partial charge in [0.05, 0.1) is 11.1 Å². The maximum atomic E-state index is 13.1. The third-order valence-electron chi connectivity index (χ3n) is 2.95. The number of nitrogens with zero attached hydrogens (tertiary/aromatic N) is 1. The largest absolute Gasteiger partial charge is 0.480 e. The molecule has 2 amide bonds. The predicted molar refractivity (Wildman–Crippen MR) is 63.1 cm³/mol. The molecule has 2 rings (SSSR count). The normalized spacial score (nSPS) is 15.2. The van der Waals surface area contributed by atoms with Crippen LogP contribution in [0.5, 0.6) is 0 Å². The molecular formula is C13H9F2NO4. The fourth-order valence-corrected chi connectivity index (χ4v) is 2.01. The molecule has 1 atom stereocenters. The van der Waals surface area contributed by atoms with Crippen molar-refractivity contribution in [3.05, 3.63) is 47.5 Å². The molecule has 0 saturated carbocycles. The average molecular weight is 281 g/mol. The van der Waals surface area contributed by atoms with Crippen molar-refractivity contribution in [3.8, 4) is 0 Å². The molecule has 7 heteroatoms. The van der Waals surface area contributed by atoms with Crippen molar-refractivity contribution in [2.75, 3.05) is 0 Å².